The van der Waals surface area contributed by atoms with E-state index in [4.69, 9.17) is 4.74 Å². The second-order valence-electron chi connectivity index (χ2n) is 7.60. The summed E-state index contributed by atoms with van der Waals surface area (Å²) in [7, 11) is 1.56. The fourth-order valence-corrected chi connectivity index (χ4v) is 3.80. The molecule has 156 valence electrons. The SMILES string of the molecule is COc1cc2ccccc2cc1C(=O)N/N=C/c1cc(C)n(-c2ccc(C)cc2)c1C. The number of nitrogens with one attached hydrogen (secondary N) is 1. The molecule has 5 nitrogen and oxygen atoms in total. The first-order valence-corrected chi connectivity index (χ1v) is 10.1. The Morgan fingerprint density at radius 2 is 1.65 bits per heavy atom. The Bertz CT molecular complexity index is 1280. The van der Waals surface area contributed by atoms with Crippen LogP contribution in [0.5, 0.6) is 5.75 Å². The summed E-state index contributed by atoms with van der Waals surface area (Å²) in [6.07, 6.45) is 1.68. The Labute approximate surface area is 182 Å². The van der Waals surface area contributed by atoms with Gasteiger partial charge in [0.05, 0.1) is 18.9 Å². The third kappa shape index (κ3) is 4.08. The molecule has 0 saturated heterocycles. The highest BCUT2D eigenvalue weighted by Crippen LogP contribution is 2.26. The predicted molar refractivity (Wildman–Crippen MR) is 126 cm³/mol. The molecule has 4 rings (SSSR count). The van der Waals surface area contributed by atoms with Gasteiger partial charge in [-0.25, -0.2) is 5.43 Å². The Morgan fingerprint density at radius 1 is 0.968 bits per heavy atom. The van der Waals surface area contributed by atoms with E-state index in [9.17, 15) is 4.79 Å². The van der Waals surface area contributed by atoms with Gasteiger partial charge in [0.15, 0.2) is 0 Å². The minimum Gasteiger partial charge on any atom is -0.496 e. The number of aryl methyl sites for hydroxylation is 2. The maximum Gasteiger partial charge on any atom is 0.275 e. The molecule has 3 aromatic carbocycles. The highest BCUT2D eigenvalue weighted by molar-refractivity contribution is 6.02. The number of aromatic nitrogens is 1. The van der Waals surface area contributed by atoms with Gasteiger partial charge in [0, 0.05) is 22.6 Å². The summed E-state index contributed by atoms with van der Waals surface area (Å²) in [6.45, 7) is 6.18. The molecule has 0 aliphatic heterocycles. The van der Waals surface area contributed by atoms with Gasteiger partial charge < -0.3 is 9.30 Å². The van der Waals surface area contributed by atoms with Crippen molar-refractivity contribution in [3.8, 4) is 11.4 Å². The summed E-state index contributed by atoms with van der Waals surface area (Å²) in [4.78, 5) is 12.8. The normalized spacial score (nSPS) is 11.2. The van der Waals surface area contributed by atoms with Gasteiger partial charge in [-0.05, 0) is 61.9 Å². The van der Waals surface area contributed by atoms with Gasteiger partial charge >= 0.3 is 0 Å². The lowest BCUT2D eigenvalue weighted by Crippen LogP contribution is -2.18. The number of benzene rings is 3. The maximum absolute atomic E-state index is 12.8. The monoisotopic (exact) mass is 411 g/mol. The molecular weight excluding hydrogens is 386 g/mol. The lowest BCUT2D eigenvalue weighted by molar-refractivity contribution is 0.0952. The summed E-state index contributed by atoms with van der Waals surface area (Å²) >= 11 is 0. The molecule has 0 spiro atoms. The zero-order chi connectivity index (χ0) is 22.0. The van der Waals surface area contributed by atoms with Crippen molar-refractivity contribution in [2.24, 2.45) is 5.10 Å². The molecule has 0 bridgehead atoms. The molecule has 1 heterocycles. The molecular formula is C26H25N3O2. The summed E-state index contributed by atoms with van der Waals surface area (Å²) < 4.78 is 7.59. The molecule has 4 aromatic rings. The van der Waals surface area contributed by atoms with E-state index in [0.717, 1.165) is 33.4 Å². The zero-order valence-corrected chi connectivity index (χ0v) is 18.1. The molecule has 0 unspecified atom stereocenters. The fourth-order valence-electron chi connectivity index (χ4n) is 3.80. The number of ether oxygens (including phenoxy) is 1. The van der Waals surface area contributed by atoms with E-state index in [0.29, 0.717) is 11.3 Å². The maximum atomic E-state index is 12.8. The Kier molecular flexibility index (Phi) is 5.58. The van der Waals surface area contributed by atoms with Crippen LogP contribution in [0.25, 0.3) is 16.5 Å². The average molecular weight is 412 g/mol. The van der Waals surface area contributed by atoms with Crippen LogP contribution in [-0.2, 0) is 0 Å². The molecule has 5 heteroatoms. The Morgan fingerprint density at radius 3 is 2.32 bits per heavy atom. The molecule has 1 N–H and O–H groups in total. The average Bonchev–Trinajstić information content (AvgIpc) is 3.06. The number of amides is 1. The number of rotatable bonds is 5. The van der Waals surface area contributed by atoms with Crippen molar-refractivity contribution in [3.63, 3.8) is 0 Å². The highest BCUT2D eigenvalue weighted by Gasteiger charge is 2.14. The summed E-state index contributed by atoms with van der Waals surface area (Å²) in [5.74, 6) is 0.204. The van der Waals surface area contributed by atoms with Crippen LogP contribution in [0.1, 0.15) is 32.9 Å². The van der Waals surface area contributed by atoms with E-state index in [1.54, 1.807) is 13.3 Å². The molecule has 0 atom stereocenters. The van der Waals surface area contributed by atoms with Crippen LogP contribution in [-0.4, -0.2) is 23.8 Å². The van der Waals surface area contributed by atoms with Crippen molar-refractivity contribution in [1.29, 1.82) is 0 Å². The van der Waals surface area contributed by atoms with E-state index in [1.807, 2.05) is 43.3 Å². The zero-order valence-electron chi connectivity index (χ0n) is 18.1. The van der Waals surface area contributed by atoms with Gasteiger partial charge in [0.25, 0.3) is 5.91 Å². The number of hydrazone groups is 1. The third-order valence-corrected chi connectivity index (χ3v) is 5.44. The molecule has 0 aliphatic carbocycles. The smallest absolute Gasteiger partial charge is 0.275 e. The first-order chi connectivity index (χ1) is 15.0. The lowest BCUT2D eigenvalue weighted by atomic mass is 10.1. The van der Waals surface area contributed by atoms with Crippen molar-refractivity contribution in [3.05, 3.63) is 94.8 Å². The van der Waals surface area contributed by atoms with Crippen LogP contribution >= 0.6 is 0 Å². The molecule has 0 radical (unpaired) electrons. The van der Waals surface area contributed by atoms with E-state index in [-0.39, 0.29) is 5.91 Å². The summed E-state index contributed by atoms with van der Waals surface area (Å²) in [5, 5.41) is 6.19. The van der Waals surface area contributed by atoms with E-state index in [1.165, 1.54) is 5.56 Å². The van der Waals surface area contributed by atoms with E-state index in [2.05, 4.69) is 59.3 Å². The number of hydrogen-bond donors (Lipinski definition) is 1. The van der Waals surface area contributed by atoms with Crippen LogP contribution in [0.3, 0.4) is 0 Å². The topological polar surface area (TPSA) is 55.6 Å². The number of carbonyl (C=O) groups is 1. The van der Waals surface area contributed by atoms with E-state index >= 15 is 0 Å². The lowest BCUT2D eigenvalue weighted by Gasteiger charge is -2.10. The van der Waals surface area contributed by atoms with Gasteiger partial charge in [0.1, 0.15) is 5.75 Å². The third-order valence-electron chi connectivity index (χ3n) is 5.44. The van der Waals surface area contributed by atoms with Gasteiger partial charge in [-0.2, -0.15) is 5.10 Å². The minimum absolute atomic E-state index is 0.314. The van der Waals surface area contributed by atoms with E-state index < -0.39 is 0 Å². The van der Waals surface area contributed by atoms with Gasteiger partial charge in [0.2, 0.25) is 0 Å². The van der Waals surface area contributed by atoms with Crippen molar-refractivity contribution < 1.29 is 9.53 Å². The van der Waals surface area contributed by atoms with Crippen molar-refractivity contribution in [2.75, 3.05) is 7.11 Å². The second kappa shape index (κ2) is 8.48. The number of methoxy groups -OCH3 is 1. The van der Waals surface area contributed by atoms with Crippen LogP contribution in [0.4, 0.5) is 0 Å². The number of nitrogens with zero attached hydrogens (tertiary/aromatic N) is 2. The predicted octanol–water partition coefficient (Wildman–Crippen LogP) is 5.33. The van der Waals surface area contributed by atoms with Crippen molar-refractivity contribution in [2.45, 2.75) is 20.8 Å². The summed E-state index contributed by atoms with van der Waals surface area (Å²) in [6, 6.07) is 22.0. The number of fused-ring (bicyclic) bond motifs is 1. The Hall–Kier alpha value is -3.86. The molecule has 0 aliphatic rings. The number of hydrogen-bond acceptors (Lipinski definition) is 3. The fraction of sp³-hybridized carbons (Fsp3) is 0.154. The first-order valence-electron chi connectivity index (χ1n) is 10.1. The Balaban J connectivity index is 1.57. The van der Waals surface area contributed by atoms with Crippen LogP contribution in [0.2, 0.25) is 0 Å². The molecule has 1 aromatic heterocycles. The minimum atomic E-state index is -0.314. The quantitative estimate of drug-likeness (QED) is 0.357. The highest BCUT2D eigenvalue weighted by atomic mass is 16.5. The van der Waals surface area contributed by atoms with Crippen LogP contribution < -0.4 is 10.2 Å². The van der Waals surface area contributed by atoms with Crippen molar-refractivity contribution in [1.82, 2.24) is 9.99 Å². The first kappa shape index (κ1) is 20.4. The molecule has 0 fully saturated rings. The largest absolute Gasteiger partial charge is 0.496 e. The molecule has 0 saturated carbocycles. The standard InChI is InChI=1S/C26H25N3O2/c1-17-9-11-23(12-10-17)29-18(2)13-22(19(29)3)16-27-28-26(30)24-14-20-7-5-6-8-21(20)15-25(24)31-4/h5-16H,1-4H3,(H,28,30)/b27-16+. The van der Waals surface area contributed by atoms with Crippen LogP contribution in [0, 0.1) is 20.8 Å². The van der Waals surface area contributed by atoms with Gasteiger partial charge in [-0.3, -0.25) is 4.79 Å². The summed E-state index contributed by atoms with van der Waals surface area (Å²) in [5.41, 5.74) is 8.51. The van der Waals surface area contributed by atoms with Gasteiger partial charge in [-0.1, -0.05) is 42.0 Å². The van der Waals surface area contributed by atoms with Crippen LogP contribution in [0.15, 0.2) is 71.8 Å². The second-order valence-corrected chi connectivity index (χ2v) is 7.60. The number of carbonyl (C=O) groups excluding carboxylic acids is 1. The molecule has 1 amide bonds. The van der Waals surface area contributed by atoms with Crippen molar-refractivity contribution >= 4 is 22.9 Å². The molecule has 31 heavy (non-hydrogen) atoms. The van der Waals surface area contributed by atoms with Gasteiger partial charge in [-0.15, -0.1) is 0 Å².